The lowest BCUT2D eigenvalue weighted by atomic mass is 10.0. The highest BCUT2D eigenvalue weighted by Gasteiger charge is 1.96. The van der Waals surface area contributed by atoms with Crippen LogP contribution in [0.5, 0.6) is 0 Å². The Kier molecular flexibility index (Phi) is 11.1. The van der Waals surface area contributed by atoms with E-state index >= 15 is 0 Å². The zero-order valence-electron chi connectivity index (χ0n) is 6.84. The molecular formula is C10H20O. The molecule has 0 rings (SSSR count). The molecule has 0 aromatic heterocycles. The molecule has 1 heteroatoms. The minimum absolute atomic E-state index is 0. The summed E-state index contributed by atoms with van der Waals surface area (Å²) in [7, 11) is 0. The highest BCUT2D eigenvalue weighted by atomic mass is 16.1. The number of aldehydes is 1. The Morgan fingerprint density at radius 2 is 2.09 bits per heavy atom. The quantitative estimate of drug-likeness (QED) is 0.441. The van der Waals surface area contributed by atoms with Crippen LogP contribution in [-0.2, 0) is 4.79 Å². The van der Waals surface area contributed by atoms with Crippen molar-refractivity contribution in [3.63, 3.8) is 0 Å². The number of carbonyl (C=O) groups excluding carboxylic acids is 1. The summed E-state index contributed by atoms with van der Waals surface area (Å²) in [5, 5.41) is 0. The van der Waals surface area contributed by atoms with E-state index in [2.05, 4.69) is 19.1 Å². The molecule has 0 N–H and O–H groups in total. The molecule has 0 spiro atoms. The average molecular weight is 156 g/mol. The lowest BCUT2D eigenvalue weighted by molar-refractivity contribution is -0.108. The summed E-state index contributed by atoms with van der Waals surface area (Å²) in [6, 6.07) is 0. The van der Waals surface area contributed by atoms with Crippen molar-refractivity contribution in [3.05, 3.63) is 12.2 Å². The molecule has 0 aromatic carbocycles. The number of carbonyl (C=O) groups is 1. The van der Waals surface area contributed by atoms with E-state index in [4.69, 9.17) is 0 Å². The van der Waals surface area contributed by atoms with Gasteiger partial charge in [0.05, 0.1) is 0 Å². The second-order valence-electron chi connectivity index (χ2n) is 2.65. The molecule has 0 fully saturated rings. The van der Waals surface area contributed by atoms with Crippen LogP contribution in [0.2, 0.25) is 0 Å². The number of allylic oxidation sites excluding steroid dienone is 2. The van der Waals surface area contributed by atoms with E-state index in [1.165, 1.54) is 0 Å². The fourth-order valence-electron chi connectivity index (χ4n) is 0.839. The number of hydrogen-bond donors (Lipinski definition) is 0. The molecule has 0 amide bonds. The first-order chi connectivity index (χ1) is 4.81. The van der Waals surface area contributed by atoms with Gasteiger partial charge in [0, 0.05) is 6.42 Å². The van der Waals surface area contributed by atoms with E-state index < -0.39 is 0 Å². The Morgan fingerprint density at radius 1 is 1.45 bits per heavy atom. The second-order valence-corrected chi connectivity index (χ2v) is 2.65. The average Bonchev–Trinajstić information content (AvgIpc) is 1.97. The summed E-state index contributed by atoms with van der Waals surface area (Å²) < 4.78 is 0. The maximum absolute atomic E-state index is 9.97. The van der Waals surface area contributed by atoms with Gasteiger partial charge >= 0.3 is 0 Å². The zero-order valence-corrected chi connectivity index (χ0v) is 6.84. The first kappa shape index (κ1) is 13.0. The second kappa shape index (κ2) is 9.41. The van der Waals surface area contributed by atoms with E-state index in [-0.39, 0.29) is 7.43 Å². The van der Waals surface area contributed by atoms with Crippen LogP contribution < -0.4 is 0 Å². The maximum atomic E-state index is 9.97. The molecule has 11 heavy (non-hydrogen) atoms. The number of hydrogen-bond acceptors (Lipinski definition) is 1. The molecule has 0 heterocycles. The Hall–Kier alpha value is -0.590. The third kappa shape index (κ3) is 9.41. The summed E-state index contributed by atoms with van der Waals surface area (Å²) >= 11 is 0. The molecular weight excluding hydrogens is 136 g/mol. The van der Waals surface area contributed by atoms with Crippen LogP contribution >= 0.6 is 0 Å². The van der Waals surface area contributed by atoms with Gasteiger partial charge in [0.15, 0.2) is 0 Å². The summed E-state index contributed by atoms with van der Waals surface area (Å²) in [4.78, 5) is 9.97. The number of rotatable bonds is 5. The molecule has 0 aliphatic heterocycles. The predicted octanol–water partition coefficient (Wildman–Crippen LogP) is 3.20. The van der Waals surface area contributed by atoms with Crippen LogP contribution in [0.3, 0.4) is 0 Å². The van der Waals surface area contributed by atoms with E-state index in [0.29, 0.717) is 12.3 Å². The Balaban J connectivity index is 0. The fraction of sp³-hybridized carbons (Fsp3) is 0.700. The van der Waals surface area contributed by atoms with Crippen molar-refractivity contribution in [3.8, 4) is 0 Å². The van der Waals surface area contributed by atoms with Gasteiger partial charge < -0.3 is 4.79 Å². The van der Waals surface area contributed by atoms with E-state index in [1.54, 1.807) is 0 Å². The largest absolute Gasteiger partial charge is 0.303 e. The molecule has 66 valence electrons. The van der Waals surface area contributed by atoms with Crippen molar-refractivity contribution in [1.82, 2.24) is 0 Å². The Morgan fingerprint density at radius 3 is 2.55 bits per heavy atom. The van der Waals surface area contributed by atoms with Crippen molar-refractivity contribution in [1.29, 1.82) is 0 Å². The molecule has 1 nitrogen and oxygen atoms in total. The van der Waals surface area contributed by atoms with Gasteiger partial charge in [-0.2, -0.15) is 0 Å². The lowest BCUT2D eigenvalue weighted by Gasteiger charge is -2.03. The Bertz CT molecular complexity index is 105. The lowest BCUT2D eigenvalue weighted by Crippen LogP contribution is -1.92. The monoisotopic (exact) mass is 156 g/mol. The third-order valence-electron chi connectivity index (χ3n) is 1.55. The van der Waals surface area contributed by atoms with E-state index in [0.717, 1.165) is 19.1 Å². The van der Waals surface area contributed by atoms with Crippen molar-refractivity contribution in [2.45, 2.75) is 40.5 Å². The maximum Gasteiger partial charge on any atom is 0.120 e. The van der Waals surface area contributed by atoms with Gasteiger partial charge in [-0.05, 0) is 25.7 Å². The van der Waals surface area contributed by atoms with Gasteiger partial charge in [0.1, 0.15) is 6.29 Å². The highest BCUT2D eigenvalue weighted by Crippen LogP contribution is 2.09. The summed E-state index contributed by atoms with van der Waals surface area (Å²) in [5.41, 5.74) is 0. The van der Waals surface area contributed by atoms with Crippen LogP contribution in [0.15, 0.2) is 12.2 Å². The van der Waals surface area contributed by atoms with Crippen LogP contribution in [0.1, 0.15) is 40.5 Å². The first-order valence-corrected chi connectivity index (χ1v) is 3.86. The smallest absolute Gasteiger partial charge is 0.120 e. The van der Waals surface area contributed by atoms with Crippen LogP contribution in [0, 0.1) is 5.92 Å². The highest BCUT2D eigenvalue weighted by molar-refractivity contribution is 5.49. The molecule has 1 atom stereocenters. The van der Waals surface area contributed by atoms with Gasteiger partial charge in [0.2, 0.25) is 0 Å². The van der Waals surface area contributed by atoms with Gasteiger partial charge in [0.25, 0.3) is 0 Å². The zero-order chi connectivity index (χ0) is 7.82. The molecule has 0 saturated carbocycles. The molecule has 0 aromatic rings. The first-order valence-electron chi connectivity index (χ1n) is 3.86. The van der Waals surface area contributed by atoms with E-state index in [1.807, 2.05) is 6.92 Å². The predicted molar refractivity (Wildman–Crippen MR) is 50.6 cm³/mol. The summed E-state index contributed by atoms with van der Waals surface area (Å²) in [5.74, 6) is 0.654. The summed E-state index contributed by atoms with van der Waals surface area (Å²) in [6.07, 6.45) is 8.02. The fourth-order valence-corrected chi connectivity index (χ4v) is 0.839. The van der Waals surface area contributed by atoms with Crippen molar-refractivity contribution < 1.29 is 4.79 Å². The van der Waals surface area contributed by atoms with Gasteiger partial charge in [-0.15, -0.1) is 0 Å². The van der Waals surface area contributed by atoms with Crippen molar-refractivity contribution >= 4 is 6.29 Å². The summed E-state index contributed by atoms with van der Waals surface area (Å²) in [6.45, 7) is 4.19. The van der Waals surface area contributed by atoms with Gasteiger partial charge in [-0.3, -0.25) is 0 Å². The van der Waals surface area contributed by atoms with Crippen LogP contribution in [0.4, 0.5) is 0 Å². The third-order valence-corrected chi connectivity index (χ3v) is 1.55. The minimum Gasteiger partial charge on any atom is -0.303 e. The van der Waals surface area contributed by atoms with Crippen molar-refractivity contribution in [2.24, 2.45) is 5.92 Å². The van der Waals surface area contributed by atoms with Gasteiger partial charge in [-0.1, -0.05) is 26.5 Å². The normalized spacial score (nSPS) is 12.5. The minimum atomic E-state index is 0. The molecule has 0 radical (unpaired) electrons. The van der Waals surface area contributed by atoms with Gasteiger partial charge in [-0.25, -0.2) is 0 Å². The molecule has 0 aliphatic rings. The van der Waals surface area contributed by atoms with Crippen LogP contribution in [-0.4, -0.2) is 6.29 Å². The Labute approximate surface area is 70.5 Å². The topological polar surface area (TPSA) is 17.1 Å². The SMILES string of the molecule is C.C/C=C/CC(C)CCC=O. The van der Waals surface area contributed by atoms with Crippen molar-refractivity contribution in [2.75, 3.05) is 0 Å². The molecule has 0 bridgehead atoms. The standard InChI is InChI=1S/C9H16O.CH4/c1-3-4-6-9(2)7-5-8-10;/h3-4,8-9H,5-7H2,1-2H3;1H4/b4-3+;. The molecule has 0 saturated heterocycles. The van der Waals surface area contributed by atoms with E-state index in [9.17, 15) is 4.79 Å². The van der Waals surface area contributed by atoms with Crippen LogP contribution in [0.25, 0.3) is 0 Å². The molecule has 1 unspecified atom stereocenters. The molecule has 0 aliphatic carbocycles.